The Kier molecular flexibility index (Phi) is 8.23. The van der Waals surface area contributed by atoms with E-state index in [0.717, 1.165) is 22.3 Å². The minimum Gasteiger partial charge on any atom is -0.493 e. The van der Waals surface area contributed by atoms with Gasteiger partial charge in [-0.25, -0.2) is 0 Å². The van der Waals surface area contributed by atoms with Gasteiger partial charge in [0.05, 0.1) is 21.3 Å². The van der Waals surface area contributed by atoms with E-state index in [-0.39, 0.29) is 5.91 Å². The van der Waals surface area contributed by atoms with Gasteiger partial charge in [-0.05, 0) is 41.0 Å². The molecule has 36 heavy (non-hydrogen) atoms. The lowest BCUT2D eigenvalue weighted by molar-refractivity contribution is -0.127. The molecule has 0 radical (unpaired) electrons. The van der Waals surface area contributed by atoms with Crippen molar-refractivity contribution < 1.29 is 19.0 Å². The van der Waals surface area contributed by atoms with Crippen LogP contribution in [0.15, 0.2) is 72.8 Å². The molecule has 1 heterocycles. The molecule has 0 spiro atoms. The molecule has 3 aromatic rings. The highest BCUT2D eigenvalue weighted by Crippen LogP contribution is 2.38. The van der Waals surface area contributed by atoms with E-state index in [1.165, 1.54) is 0 Å². The number of benzene rings is 3. The van der Waals surface area contributed by atoms with Gasteiger partial charge in [0.25, 0.3) is 0 Å². The second-order valence-corrected chi connectivity index (χ2v) is 8.74. The summed E-state index contributed by atoms with van der Waals surface area (Å²) in [6.07, 6.45) is 3.53. The Bertz CT molecular complexity index is 1230. The Hall–Kier alpha value is -3.84. The van der Waals surface area contributed by atoms with E-state index >= 15 is 0 Å². The molecular weight excluding hydrogens is 472 g/mol. The van der Waals surface area contributed by atoms with E-state index in [1.807, 2.05) is 53.4 Å². The monoisotopic (exact) mass is 502 g/mol. The van der Waals surface area contributed by atoms with Crippen LogP contribution in [0.4, 0.5) is 0 Å². The predicted octanol–water partition coefficient (Wildman–Crippen LogP) is 4.91. The molecule has 4 rings (SSSR count). The fraction of sp³-hybridized carbons (Fsp3) is 0.241. The highest BCUT2D eigenvalue weighted by molar-refractivity contribution is 7.80. The Balaban J connectivity index is 1.38. The number of piperazine rings is 1. The number of methoxy groups -OCH3 is 3. The first-order valence-corrected chi connectivity index (χ1v) is 12.2. The van der Waals surface area contributed by atoms with Gasteiger partial charge in [-0.15, -0.1) is 0 Å². The number of carbonyl (C=O) groups excluding carboxylic acids is 1. The molecule has 1 aliphatic rings. The highest BCUT2D eigenvalue weighted by Gasteiger charge is 2.24. The summed E-state index contributed by atoms with van der Waals surface area (Å²) in [7, 11) is 4.74. The molecule has 6 nitrogen and oxygen atoms in total. The van der Waals surface area contributed by atoms with Crippen LogP contribution in [0.1, 0.15) is 11.1 Å². The summed E-state index contributed by atoms with van der Waals surface area (Å²) in [6, 6.07) is 22.1. The summed E-state index contributed by atoms with van der Waals surface area (Å²) < 4.78 is 16.3. The fourth-order valence-corrected chi connectivity index (χ4v) is 4.54. The third-order valence-corrected chi connectivity index (χ3v) is 6.70. The first kappa shape index (κ1) is 25.3. The number of hydrogen-bond donors (Lipinski definition) is 0. The minimum absolute atomic E-state index is 0.00142. The van der Waals surface area contributed by atoms with Crippen LogP contribution in [-0.2, 0) is 4.79 Å². The third-order valence-electron chi connectivity index (χ3n) is 6.20. The fourth-order valence-electron chi connectivity index (χ4n) is 4.24. The molecular formula is C29H30N2O4S. The van der Waals surface area contributed by atoms with Gasteiger partial charge in [0.2, 0.25) is 11.7 Å². The molecule has 1 amide bonds. The average Bonchev–Trinajstić information content (AvgIpc) is 2.95. The molecule has 186 valence electrons. The maximum atomic E-state index is 12.9. The number of rotatable bonds is 7. The lowest BCUT2D eigenvalue weighted by Gasteiger charge is -2.36. The van der Waals surface area contributed by atoms with Crippen molar-refractivity contribution in [1.29, 1.82) is 0 Å². The normalized spacial score (nSPS) is 13.5. The molecule has 1 aliphatic heterocycles. The topological polar surface area (TPSA) is 51.2 Å². The lowest BCUT2D eigenvalue weighted by Crippen LogP contribution is -2.50. The van der Waals surface area contributed by atoms with Crippen molar-refractivity contribution in [2.75, 3.05) is 47.5 Å². The molecule has 3 aromatic carbocycles. The number of carbonyl (C=O) groups is 1. The SMILES string of the molecule is COc1cc(C(=S)N2CCN(C(=O)/C=C/c3cccc(-c4ccccc4)c3)CC2)cc(OC)c1OC. The van der Waals surface area contributed by atoms with Gasteiger partial charge in [-0.1, -0.05) is 60.7 Å². The molecule has 0 unspecified atom stereocenters. The molecule has 0 aliphatic carbocycles. The molecule has 0 saturated carbocycles. The Morgan fingerprint density at radius 2 is 1.39 bits per heavy atom. The van der Waals surface area contributed by atoms with Crippen LogP contribution in [0.3, 0.4) is 0 Å². The van der Waals surface area contributed by atoms with Gasteiger partial charge >= 0.3 is 0 Å². The number of thiocarbonyl (C=S) groups is 1. The zero-order chi connectivity index (χ0) is 25.5. The van der Waals surface area contributed by atoms with E-state index in [0.29, 0.717) is 48.4 Å². The summed E-state index contributed by atoms with van der Waals surface area (Å²) in [5.41, 5.74) is 4.08. The van der Waals surface area contributed by atoms with Crippen molar-refractivity contribution >= 4 is 29.2 Å². The molecule has 1 saturated heterocycles. The molecule has 0 bridgehead atoms. The maximum absolute atomic E-state index is 12.9. The van der Waals surface area contributed by atoms with Crippen LogP contribution >= 0.6 is 12.2 Å². The van der Waals surface area contributed by atoms with Crippen molar-refractivity contribution in [3.63, 3.8) is 0 Å². The van der Waals surface area contributed by atoms with Gasteiger partial charge in [0, 0.05) is 37.8 Å². The summed E-state index contributed by atoms with van der Waals surface area (Å²) in [5.74, 6) is 1.65. The van der Waals surface area contributed by atoms with Gasteiger partial charge in [-0.3, -0.25) is 4.79 Å². The smallest absolute Gasteiger partial charge is 0.246 e. The van der Waals surface area contributed by atoms with Gasteiger partial charge < -0.3 is 24.0 Å². The van der Waals surface area contributed by atoms with Crippen molar-refractivity contribution in [1.82, 2.24) is 9.80 Å². The van der Waals surface area contributed by atoms with Crippen molar-refractivity contribution in [3.05, 3.63) is 83.9 Å². The first-order valence-electron chi connectivity index (χ1n) is 11.8. The lowest BCUT2D eigenvalue weighted by atomic mass is 10.0. The number of ether oxygens (including phenoxy) is 3. The van der Waals surface area contributed by atoms with Crippen LogP contribution in [0, 0.1) is 0 Å². The molecule has 1 fully saturated rings. The van der Waals surface area contributed by atoms with Crippen molar-refractivity contribution in [2.24, 2.45) is 0 Å². The Morgan fingerprint density at radius 3 is 2.00 bits per heavy atom. The summed E-state index contributed by atoms with van der Waals surface area (Å²) in [6.45, 7) is 2.49. The van der Waals surface area contributed by atoms with E-state index in [1.54, 1.807) is 27.4 Å². The van der Waals surface area contributed by atoms with E-state index in [4.69, 9.17) is 26.4 Å². The molecule has 0 N–H and O–H groups in total. The quantitative estimate of drug-likeness (QED) is 0.338. The molecule has 0 aromatic heterocycles. The van der Waals surface area contributed by atoms with E-state index in [9.17, 15) is 4.79 Å². The van der Waals surface area contributed by atoms with Crippen LogP contribution in [-0.4, -0.2) is 68.2 Å². The first-order chi connectivity index (χ1) is 17.5. The largest absolute Gasteiger partial charge is 0.493 e. The predicted molar refractivity (Wildman–Crippen MR) is 147 cm³/mol. The zero-order valence-corrected chi connectivity index (χ0v) is 21.6. The van der Waals surface area contributed by atoms with Gasteiger partial charge in [-0.2, -0.15) is 0 Å². The third kappa shape index (κ3) is 5.69. The zero-order valence-electron chi connectivity index (χ0n) is 20.8. The Morgan fingerprint density at radius 1 is 0.778 bits per heavy atom. The van der Waals surface area contributed by atoms with Crippen molar-refractivity contribution in [2.45, 2.75) is 0 Å². The maximum Gasteiger partial charge on any atom is 0.246 e. The standard InChI is InChI=1S/C29H30N2O4S/c1-33-25-19-24(20-26(34-2)28(25)35-3)29(36)31-16-14-30(15-17-31)27(32)13-12-21-8-7-11-23(18-21)22-9-5-4-6-10-22/h4-13,18-20H,14-17H2,1-3H3/b13-12+. The second-order valence-electron chi connectivity index (χ2n) is 8.36. The molecule has 7 heteroatoms. The van der Waals surface area contributed by atoms with Crippen LogP contribution < -0.4 is 14.2 Å². The van der Waals surface area contributed by atoms with Crippen LogP contribution in [0.5, 0.6) is 17.2 Å². The Labute approximate surface area is 217 Å². The summed E-state index contributed by atoms with van der Waals surface area (Å²) in [4.78, 5) is 17.5. The highest BCUT2D eigenvalue weighted by atomic mass is 32.1. The number of nitrogens with zero attached hydrogens (tertiary/aromatic N) is 2. The van der Waals surface area contributed by atoms with Gasteiger partial charge in [0.15, 0.2) is 11.5 Å². The number of amides is 1. The van der Waals surface area contributed by atoms with Crippen molar-refractivity contribution in [3.8, 4) is 28.4 Å². The van der Waals surface area contributed by atoms with Crippen LogP contribution in [0.25, 0.3) is 17.2 Å². The minimum atomic E-state index is -0.00142. The second kappa shape index (κ2) is 11.7. The van der Waals surface area contributed by atoms with E-state index < -0.39 is 0 Å². The van der Waals surface area contributed by atoms with Crippen LogP contribution in [0.2, 0.25) is 0 Å². The summed E-state index contributed by atoms with van der Waals surface area (Å²) in [5, 5.41) is 0. The van der Waals surface area contributed by atoms with Gasteiger partial charge in [0.1, 0.15) is 4.99 Å². The number of hydrogen-bond acceptors (Lipinski definition) is 5. The average molecular weight is 503 g/mol. The summed E-state index contributed by atoms with van der Waals surface area (Å²) >= 11 is 5.76. The van der Waals surface area contributed by atoms with E-state index in [2.05, 4.69) is 29.2 Å². The molecule has 0 atom stereocenters.